The van der Waals surface area contributed by atoms with Crippen LogP contribution in [0.5, 0.6) is 0 Å². The summed E-state index contributed by atoms with van der Waals surface area (Å²) < 4.78 is 0. The average molecular weight is 237 g/mol. The van der Waals surface area contributed by atoms with Crippen LogP contribution in [-0.2, 0) is 6.42 Å². The number of nitrogens with zero attached hydrogens (tertiary/aromatic N) is 2. The molecule has 16 heavy (non-hydrogen) atoms. The lowest BCUT2D eigenvalue weighted by Gasteiger charge is -2.06. The van der Waals surface area contributed by atoms with Crippen molar-refractivity contribution in [2.24, 2.45) is 0 Å². The normalized spacial score (nSPS) is 10.6. The van der Waals surface area contributed by atoms with E-state index in [0.717, 1.165) is 5.39 Å². The summed E-state index contributed by atoms with van der Waals surface area (Å²) in [5, 5.41) is 12.0. The van der Waals surface area contributed by atoms with E-state index in [1.54, 1.807) is 12.3 Å². The molecule has 4 nitrogen and oxygen atoms in total. The molecule has 1 aromatic heterocycles. The van der Waals surface area contributed by atoms with Gasteiger partial charge in [-0.1, -0.05) is 18.5 Å². The van der Waals surface area contributed by atoms with Crippen LogP contribution >= 0.6 is 11.6 Å². The monoisotopic (exact) mass is 236 g/mol. The Balaban J connectivity index is 2.90. The van der Waals surface area contributed by atoms with Gasteiger partial charge in [0.2, 0.25) is 0 Å². The molecule has 0 unspecified atom stereocenters. The molecule has 5 heteroatoms. The quantitative estimate of drug-likeness (QED) is 0.593. The molecule has 0 aliphatic rings. The molecule has 0 amide bonds. The van der Waals surface area contributed by atoms with Crippen LogP contribution in [0.3, 0.4) is 0 Å². The second-order valence-electron chi connectivity index (χ2n) is 3.37. The molecule has 0 spiro atoms. The highest BCUT2D eigenvalue weighted by Gasteiger charge is 2.18. The van der Waals surface area contributed by atoms with Gasteiger partial charge in [-0.25, -0.2) is 0 Å². The molecule has 0 saturated carbocycles. The van der Waals surface area contributed by atoms with Gasteiger partial charge in [0.1, 0.15) is 0 Å². The third-order valence-corrected chi connectivity index (χ3v) is 2.79. The van der Waals surface area contributed by atoms with Crippen LogP contribution in [0.15, 0.2) is 24.4 Å². The molecular weight excluding hydrogens is 228 g/mol. The van der Waals surface area contributed by atoms with Crippen molar-refractivity contribution in [3.05, 3.63) is 45.1 Å². The lowest BCUT2D eigenvalue weighted by atomic mass is 10.1. The summed E-state index contributed by atoms with van der Waals surface area (Å²) in [6.45, 7) is 1.87. The van der Waals surface area contributed by atoms with Crippen molar-refractivity contribution in [3.8, 4) is 0 Å². The summed E-state index contributed by atoms with van der Waals surface area (Å²) in [5.41, 5.74) is 1.29. The first kappa shape index (κ1) is 10.8. The van der Waals surface area contributed by atoms with Crippen molar-refractivity contribution < 1.29 is 4.92 Å². The summed E-state index contributed by atoms with van der Waals surface area (Å²) in [6.07, 6.45) is 2.17. The molecule has 0 saturated heterocycles. The summed E-state index contributed by atoms with van der Waals surface area (Å²) in [5.74, 6) is 0. The van der Waals surface area contributed by atoms with Crippen LogP contribution < -0.4 is 0 Å². The highest BCUT2D eigenvalue weighted by atomic mass is 35.5. The van der Waals surface area contributed by atoms with Crippen molar-refractivity contribution >= 4 is 28.2 Å². The summed E-state index contributed by atoms with van der Waals surface area (Å²) >= 11 is 5.99. The van der Waals surface area contributed by atoms with Crippen molar-refractivity contribution in [2.75, 3.05) is 0 Å². The van der Waals surface area contributed by atoms with Gasteiger partial charge in [0, 0.05) is 17.6 Å². The van der Waals surface area contributed by atoms with Crippen molar-refractivity contribution in [1.29, 1.82) is 0 Å². The zero-order valence-electron chi connectivity index (χ0n) is 8.61. The molecule has 0 N–H and O–H groups in total. The van der Waals surface area contributed by atoms with Crippen molar-refractivity contribution in [1.82, 2.24) is 4.98 Å². The molecular formula is C11H9ClN2O2. The molecule has 0 atom stereocenters. The minimum Gasteiger partial charge on any atom is -0.258 e. The summed E-state index contributed by atoms with van der Waals surface area (Å²) in [4.78, 5) is 14.6. The van der Waals surface area contributed by atoms with Gasteiger partial charge in [-0.2, -0.15) is 0 Å². The number of benzene rings is 1. The van der Waals surface area contributed by atoms with Gasteiger partial charge in [0.05, 0.1) is 21.0 Å². The van der Waals surface area contributed by atoms with E-state index < -0.39 is 4.92 Å². The van der Waals surface area contributed by atoms with E-state index in [2.05, 4.69) is 4.98 Å². The number of hydrogen-bond acceptors (Lipinski definition) is 3. The zero-order valence-corrected chi connectivity index (χ0v) is 9.36. The number of aryl methyl sites for hydroxylation is 1. The molecule has 2 rings (SSSR count). The van der Waals surface area contributed by atoms with Crippen LogP contribution in [0.2, 0.25) is 5.02 Å². The Morgan fingerprint density at radius 2 is 2.31 bits per heavy atom. The first-order valence-electron chi connectivity index (χ1n) is 4.85. The number of nitro benzene ring substituents is 1. The average Bonchev–Trinajstić information content (AvgIpc) is 2.29. The van der Waals surface area contributed by atoms with E-state index in [0.29, 0.717) is 22.5 Å². The van der Waals surface area contributed by atoms with E-state index in [1.165, 1.54) is 6.07 Å². The predicted molar refractivity (Wildman–Crippen MR) is 62.8 cm³/mol. The minimum absolute atomic E-state index is 0.0405. The molecule has 0 fully saturated rings. The van der Waals surface area contributed by atoms with Crippen molar-refractivity contribution in [3.63, 3.8) is 0 Å². The number of pyridine rings is 1. The Morgan fingerprint density at radius 1 is 1.56 bits per heavy atom. The zero-order chi connectivity index (χ0) is 11.7. The topological polar surface area (TPSA) is 56.0 Å². The molecule has 0 radical (unpaired) electrons. The maximum absolute atomic E-state index is 10.9. The molecule has 0 bridgehead atoms. The molecule has 1 heterocycles. The van der Waals surface area contributed by atoms with Crippen molar-refractivity contribution in [2.45, 2.75) is 13.3 Å². The van der Waals surface area contributed by atoms with Crippen LogP contribution in [0.4, 0.5) is 5.69 Å². The maximum atomic E-state index is 10.9. The van der Waals surface area contributed by atoms with Gasteiger partial charge >= 0.3 is 0 Å². The number of nitro groups is 1. The smallest absolute Gasteiger partial charge is 0.258 e. The van der Waals surface area contributed by atoms with Crippen LogP contribution in [0.25, 0.3) is 10.9 Å². The highest BCUT2D eigenvalue weighted by Crippen LogP contribution is 2.32. The second kappa shape index (κ2) is 4.06. The fraction of sp³-hybridized carbons (Fsp3) is 0.182. The Morgan fingerprint density at radius 3 is 2.94 bits per heavy atom. The Labute approximate surface area is 97.0 Å². The molecule has 0 aliphatic heterocycles. The lowest BCUT2D eigenvalue weighted by Crippen LogP contribution is -1.97. The van der Waals surface area contributed by atoms with Gasteiger partial charge in [-0.3, -0.25) is 15.1 Å². The fourth-order valence-electron chi connectivity index (χ4n) is 1.76. The number of halogens is 1. The molecule has 1 aromatic carbocycles. The Bertz CT molecular complexity index is 569. The van der Waals surface area contributed by atoms with Gasteiger partial charge < -0.3 is 0 Å². The third-order valence-electron chi connectivity index (χ3n) is 2.47. The van der Waals surface area contributed by atoms with Crippen LogP contribution in [0, 0.1) is 10.1 Å². The van der Waals surface area contributed by atoms with Crippen LogP contribution in [-0.4, -0.2) is 9.91 Å². The fourth-order valence-corrected chi connectivity index (χ4v) is 2.01. The largest absolute Gasteiger partial charge is 0.276 e. The predicted octanol–water partition coefficient (Wildman–Crippen LogP) is 3.36. The second-order valence-corrected chi connectivity index (χ2v) is 3.77. The van der Waals surface area contributed by atoms with Gasteiger partial charge in [-0.05, 0) is 18.6 Å². The van der Waals surface area contributed by atoms with E-state index in [-0.39, 0.29) is 5.69 Å². The van der Waals surface area contributed by atoms with Gasteiger partial charge in [0.25, 0.3) is 5.69 Å². The number of hydrogen-bond donors (Lipinski definition) is 0. The van der Waals surface area contributed by atoms with Gasteiger partial charge in [-0.15, -0.1) is 0 Å². The first-order valence-corrected chi connectivity index (χ1v) is 5.23. The lowest BCUT2D eigenvalue weighted by molar-refractivity contribution is -0.385. The number of aromatic nitrogens is 1. The van der Waals surface area contributed by atoms with E-state index in [9.17, 15) is 10.1 Å². The van der Waals surface area contributed by atoms with Crippen LogP contribution in [0.1, 0.15) is 12.5 Å². The number of fused-ring (bicyclic) bond motifs is 1. The first-order chi connectivity index (χ1) is 7.65. The molecule has 0 aliphatic carbocycles. The summed E-state index contributed by atoms with van der Waals surface area (Å²) in [6, 6.07) is 4.97. The maximum Gasteiger partial charge on any atom is 0.276 e. The Kier molecular flexibility index (Phi) is 2.75. The van der Waals surface area contributed by atoms with E-state index in [1.807, 2.05) is 13.0 Å². The SMILES string of the molecule is CCc1c([N+](=O)[O-])cc(Cl)c2cccnc12. The standard InChI is InChI=1S/C11H9ClN2O2/c1-2-7-10(14(15)16)6-9(12)8-4-3-5-13-11(7)8/h3-6H,2H2,1H3. The highest BCUT2D eigenvalue weighted by molar-refractivity contribution is 6.35. The van der Waals surface area contributed by atoms with E-state index in [4.69, 9.17) is 11.6 Å². The minimum atomic E-state index is -0.418. The third kappa shape index (κ3) is 1.61. The molecule has 82 valence electrons. The Hall–Kier alpha value is -1.68. The summed E-state index contributed by atoms with van der Waals surface area (Å²) in [7, 11) is 0. The number of rotatable bonds is 2. The molecule has 2 aromatic rings. The van der Waals surface area contributed by atoms with E-state index >= 15 is 0 Å². The van der Waals surface area contributed by atoms with Gasteiger partial charge in [0.15, 0.2) is 0 Å².